The number of carbonyl (C=O) groups is 1. The molecule has 1 atom stereocenters. The highest BCUT2D eigenvalue weighted by molar-refractivity contribution is 5.73. The van der Waals surface area contributed by atoms with E-state index in [0.29, 0.717) is 19.8 Å². The summed E-state index contributed by atoms with van der Waals surface area (Å²) in [6.45, 7) is 2.56. The zero-order valence-electron chi connectivity index (χ0n) is 12.5. The molecule has 0 amide bonds. The second-order valence-corrected chi connectivity index (χ2v) is 5.31. The van der Waals surface area contributed by atoms with Gasteiger partial charge in [-0.05, 0) is 37.1 Å². The fourth-order valence-electron chi connectivity index (χ4n) is 2.67. The van der Waals surface area contributed by atoms with Crippen molar-refractivity contribution in [3.63, 3.8) is 0 Å². The van der Waals surface area contributed by atoms with Gasteiger partial charge in [-0.25, -0.2) is 0 Å². The number of carboxylic acid groups (broad SMARTS) is 1. The van der Waals surface area contributed by atoms with E-state index in [1.807, 2.05) is 29.2 Å². The van der Waals surface area contributed by atoms with Crippen molar-refractivity contribution in [3.8, 4) is 5.75 Å². The maximum absolute atomic E-state index is 11.3. The molecule has 21 heavy (non-hydrogen) atoms. The predicted molar refractivity (Wildman–Crippen MR) is 79.5 cm³/mol. The van der Waals surface area contributed by atoms with E-state index in [-0.39, 0.29) is 6.04 Å². The number of nitrogens with zero attached hydrogens (tertiary/aromatic N) is 1. The van der Waals surface area contributed by atoms with Crippen molar-refractivity contribution >= 4 is 5.97 Å². The Morgan fingerprint density at radius 2 is 2.24 bits per heavy atom. The maximum Gasteiger partial charge on any atom is 0.320 e. The second kappa shape index (κ2) is 8.00. The van der Waals surface area contributed by atoms with Gasteiger partial charge in [0.05, 0.1) is 6.61 Å². The Bertz CT molecular complexity index is 463. The lowest BCUT2D eigenvalue weighted by Gasteiger charge is -2.32. The smallest absolute Gasteiger partial charge is 0.320 e. The highest BCUT2D eigenvalue weighted by Gasteiger charge is 2.28. The first-order valence-corrected chi connectivity index (χ1v) is 7.38. The fourth-order valence-corrected chi connectivity index (χ4v) is 2.67. The van der Waals surface area contributed by atoms with Gasteiger partial charge in [-0.3, -0.25) is 9.69 Å². The SMILES string of the molecule is COCCOc1cccc(CN2CCCCC2C(=O)O)c1. The Hall–Kier alpha value is -1.59. The van der Waals surface area contributed by atoms with Crippen LogP contribution in [0.5, 0.6) is 5.75 Å². The third kappa shape index (κ3) is 4.72. The van der Waals surface area contributed by atoms with Crippen molar-refractivity contribution in [2.24, 2.45) is 0 Å². The van der Waals surface area contributed by atoms with Gasteiger partial charge < -0.3 is 14.6 Å². The normalized spacial score (nSPS) is 19.4. The van der Waals surface area contributed by atoms with Gasteiger partial charge in [0.15, 0.2) is 0 Å². The van der Waals surface area contributed by atoms with Crippen LogP contribution >= 0.6 is 0 Å². The zero-order valence-corrected chi connectivity index (χ0v) is 12.5. The summed E-state index contributed by atoms with van der Waals surface area (Å²) < 4.78 is 10.5. The summed E-state index contributed by atoms with van der Waals surface area (Å²) in [5.74, 6) is 0.0793. The molecule has 0 aromatic heterocycles. The monoisotopic (exact) mass is 293 g/mol. The first kappa shape index (κ1) is 15.8. The predicted octanol–water partition coefficient (Wildman–Crippen LogP) is 2.15. The quantitative estimate of drug-likeness (QED) is 0.781. The molecule has 1 aromatic carbocycles. The van der Waals surface area contributed by atoms with Crippen LogP contribution in [0.2, 0.25) is 0 Å². The Labute approximate surface area is 125 Å². The molecule has 1 aliphatic heterocycles. The maximum atomic E-state index is 11.3. The number of likely N-dealkylation sites (tertiary alicyclic amines) is 1. The number of ether oxygens (including phenoxy) is 2. The molecule has 1 aromatic rings. The van der Waals surface area contributed by atoms with E-state index in [0.717, 1.165) is 37.1 Å². The summed E-state index contributed by atoms with van der Waals surface area (Å²) in [4.78, 5) is 13.4. The van der Waals surface area contributed by atoms with Crippen LogP contribution in [-0.2, 0) is 16.1 Å². The van der Waals surface area contributed by atoms with Crippen LogP contribution < -0.4 is 4.74 Å². The van der Waals surface area contributed by atoms with E-state index >= 15 is 0 Å². The van der Waals surface area contributed by atoms with E-state index in [9.17, 15) is 9.90 Å². The minimum absolute atomic E-state index is 0.364. The molecule has 5 nitrogen and oxygen atoms in total. The lowest BCUT2D eigenvalue weighted by atomic mass is 10.0. The largest absolute Gasteiger partial charge is 0.491 e. The highest BCUT2D eigenvalue weighted by atomic mass is 16.5. The third-order valence-corrected chi connectivity index (χ3v) is 3.74. The lowest BCUT2D eigenvalue weighted by Crippen LogP contribution is -2.43. The van der Waals surface area contributed by atoms with Crippen LogP contribution in [0.3, 0.4) is 0 Å². The first-order chi connectivity index (χ1) is 10.2. The molecule has 5 heteroatoms. The Balaban J connectivity index is 1.97. The summed E-state index contributed by atoms with van der Waals surface area (Å²) in [5.41, 5.74) is 1.08. The summed E-state index contributed by atoms with van der Waals surface area (Å²) in [6, 6.07) is 7.47. The minimum atomic E-state index is -0.720. The number of piperidine rings is 1. The van der Waals surface area contributed by atoms with E-state index in [1.165, 1.54) is 0 Å². The number of benzene rings is 1. The number of hydrogen-bond donors (Lipinski definition) is 1. The molecule has 2 rings (SSSR count). The summed E-state index contributed by atoms with van der Waals surface area (Å²) in [5, 5.41) is 9.30. The average molecular weight is 293 g/mol. The van der Waals surface area contributed by atoms with E-state index < -0.39 is 5.97 Å². The van der Waals surface area contributed by atoms with Gasteiger partial charge in [0.25, 0.3) is 0 Å². The topological polar surface area (TPSA) is 59.0 Å². The van der Waals surface area contributed by atoms with Gasteiger partial charge in [-0.1, -0.05) is 18.6 Å². The Morgan fingerprint density at radius 3 is 3.00 bits per heavy atom. The standard InChI is InChI=1S/C16H23NO4/c1-20-9-10-21-14-6-4-5-13(11-14)12-17-8-3-2-7-15(17)16(18)19/h4-6,11,15H,2-3,7-10,12H2,1H3,(H,18,19). The van der Waals surface area contributed by atoms with Gasteiger partial charge in [-0.15, -0.1) is 0 Å². The van der Waals surface area contributed by atoms with Crippen molar-refractivity contribution < 1.29 is 19.4 Å². The van der Waals surface area contributed by atoms with Gasteiger partial charge in [-0.2, -0.15) is 0 Å². The van der Waals surface area contributed by atoms with Crippen molar-refractivity contribution in [3.05, 3.63) is 29.8 Å². The molecule has 1 heterocycles. The fraction of sp³-hybridized carbons (Fsp3) is 0.562. The zero-order chi connectivity index (χ0) is 15.1. The molecule has 1 unspecified atom stereocenters. The lowest BCUT2D eigenvalue weighted by molar-refractivity contribution is -0.144. The molecule has 0 saturated carbocycles. The van der Waals surface area contributed by atoms with E-state index in [4.69, 9.17) is 9.47 Å². The number of aliphatic carboxylic acids is 1. The summed E-state index contributed by atoms with van der Waals surface area (Å²) in [7, 11) is 1.64. The molecule has 1 N–H and O–H groups in total. The van der Waals surface area contributed by atoms with Crippen LogP contribution in [0.4, 0.5) is 0 Å². The molecule has 1 fully saturated rings. The molecule has 0 bridgehead atoms. The van der Waals surface area contributed by atoms with Gasteiger partial charge in [0.1, 0.15) is 18.4 Å². The molecule has 0 aliphatic carbocycles. The highest BCUT2D eigenvalue weighted by Crippen LogP contribution is 2.21. The molecular formula is C16H23NO4. The van der Waals surface area contributed by atoms with E-state index in [2.05, 4.69) is 0 Å². The summed E-state index contributed by atoms with van der Waals surface area (Å²) in [6.07, 6.45) is 2.79. The average Bonchev–Trinajstić information content (AvgIpc) is 2.48. The molecule has 0 spiro atoms. The van der Waals surface area contributed by atoms with Crippen molar-refractivity contribution in [1.82, 2.24) is 4.90 Å². The van der Waals surface area contributed by atoms with Crippen LogP contribution in [0.1, 0.15) is 24.8 Å². The van der Waals surface area contributed by atoms with Gasteiger partial charge >= 0.3 is 5.97 Å². The molecule has 1 aliphatic rings. The van der Waals surface area contributed by atoms with Crippen LogP contribution in [0.25, 0.3) is 0 Å². The Kier molecular flexibility index (Phi) is 6.02. The van der Waals surface area contributed by atoms with Crippen LogP contribution in [-0.4, -0.2) is 48.9 Å². The van der Waals surface area contributed by atoms with Gasteiger partial charge in [0.2, 0.25) is 0 Å². The molecular weight excluding hydrogens is 270 g/mol. The molecule has 116 valence electrons. The summed E-state index contributed by atoms with van der Waals surface area (Å²) >= 11 is 0. The van der Waals surface area contributed by atoms with Gasteiger partial charge in [0, 0.05) is 13.7 Å². The number of hydrogen-bond acceptors (Lipinski definition) is 4. The number of methoxy groups -OCH3 is 1. The third-order valence-electron chi connectivity index (χ3n) is 3.74. The molecule has 0 radical (unpaired) electrons. The minimum Gasteiger partial charge on any atom is -0.491 e. The van der Waals surface area contributed by atoms with Crippen molar-refractivity contribution in [2.75, 3.05) is 26.9 Å². The number of rotatable bonds is 7. The number of carboxylic acids is 1. The first-order valence-electron chi connectivity index (χ1n) is 7.38. The van der Waals surface area contributed by atoms with Crippen molar-refractivity contribution in [2.45, 2.75) is 31.8 Å². The van der Waals surface area contributed by atoms with Crippen LogP contribution in [0, 0.1) is 0 Å². The van der Waals surface area contributed by atoms with Crippen molar-refractivity contribution in [1.29, 1.82) is 0 Å². The second-order valence-electron chi connectivity index (χ2n) is 5.31. The Morgan fingerprint density at radius 1 is 1.38 bits per heavy atom. The molecule has 1 saturated heterocycles. The van der Waals surface area contributed by atoms with E-state index in [1.54, 1.807) is 7.11 Å². The van der Waals surface area contributed by atoms with Crippen LogP contribution in [0.15, 0.2) is 24.3 Å².